The zero-order valence-electron chi connectivity index (χ0n) is 10.2. The van der Waals surface area contributed by atoms with Crippen LogP contribution in [-0.4, -0.2) is 29.8 Å². The van der Waals surface area contributed by atoms with Crippen LogP contribution in [-0.2, 0) is 10.0 Å². The summed E-state index contributed by atoms with van der Waals surface area (Å²) in [5.41, 5.74) is 0.630. The van der Waals surface area contributed by atoms with E-state index in [-0.39, 0.29) is 11.4 Å². The predicted octanol–water partition coefficient (Wildman–Crippen LogP) is 1.52. The maximum atomic E-state index is 10.8. The fraction of sp³-hybridized carbons (Fsp3) is 0.182. The third-order valence-corrected chi connectivity index (χ3v) is 4.44. The van der Waals surface area contributed by atoms with Gasteiger partial charge in [-0.25, -0.2) is 18.5 Å². The molecule has 2 rings (SSSR count). The van der Waals surface area contributed by atoms with Gasteiger partial charge in [0.1, 0.15) is 0 Å². The van der Waals surface area contributed by atoms with Crippen LogP contribution < -0.4 is 5.14 Å². The maximum absolute atomic E-state index is 10.8. The standard InChI is InChI=1S/C11H11N3O4S2/c12-20(17,18)6-5-19-11-4-1-8-7-9(14(15)16)2-3-10(8)13-11/h1-4,7H,5-6H2,(H2,12,17,18). The van der Waals surface area contributed by atoms with Gasteiger partial charge in [0.2, 0.25) is 10.0 Å². The molecule has 0 amide bonds. The van der Waals surface area contributed by atoms with Gasteiger partial charge in [-0.05, 0) is 18.2 Å². The first-order valence-electron chi connectivity index (χ1n) is 5.54. The quantitative estimate of drug-likeness (QED) is 0.508. The van der Waals surface area contributed by atoms with E-state index in [0.29, 0.717) is 21.7 Å². The van der Waals surface area contributed by atoms with E-state index in [1.807, 2.05) is 0 Å². The molecule has 0 aliphatic heterocycles. The topological polar surface area (TPSA) is 116 Å². The fourth-order valence-electron chi connectivity index (χ4n) is 1.55. The molecule has 106 valence electrons. The summed E-state index contributed by atoms with van der Waals surface area (Å²) in [5.74, 6) is 0.183. The second-order valence-electron chi connectivity index (χ2n) is 4.00. The van der Waals surface area contributed by atoms with Crippen LogP contribution in [0.25, 0.3) is 10.9 Å². The Morgan fingerprint density at radius 1 is 1.30 bits per heavy atom. The SMILES string of the molecule is NS(=O)(=O)CCSc1ccc2cc([N+](=O)[O-])ccc2n1. The summed E-state index contributed by atoms with van der Waals surface area (Å²) in [7, 11) is -3.48. The normalized spacial score (nSPS) is 11.7. The fourth-order valence-corrected chi connectivity index (χ4v) is 3.35. The second kappa shape index (κ2) is 5.73. The molecule has 9 heteroatoms. The van der Waals surface area contributed by atoms with Crippen LogP contribution in [0.2, 0.25) is 0 Å². The molecule has 0 atom stereocenters. The molecule has 1 heterocycles. The van der Waals surface area contributed by atoms with Crippen molar-refractivity contribution >= 4 is 38.4 Å². The lowest BCUT2D eigenvalue weighted by Crippen LogP contribution is -2.17. The number of benzene rings is 1. The lowest BCUT2D eigenvalue weighted by atomic mass is 10.2. The molecule has 0 fully saturated rings. The van der Waals surface area contributed by atoms with E-state index in [1.54, 1.807) is 18.2 Å². The van der Waals surface area contributed by atoms with Gasteiger partial charge in [-0.3, -0.25) is 10.1 Å². The molecule has 0 saturated carbocycles. The number of sulfonamides is 1. The van der Waals surface area contributed by atoms with Gasteiger partial charge < -0.3 is 0 Å². The van der Waals surface area contributed by atoms with Gasteiger partial charge in [-0.1, -0.05) is 0 Å². The predicted molar refractivity (Wildman–Crippen MR) is 77.1 cm³/mol. The molecule has 0 saturated heterocycles. The Labute approximate surface area is 119 Å². The molecule has 0 spiro atoms. The molecule has 0 aliphatic rings. The van der Waals surface area contributed by atoms with Crippen molar-refractivity contribution in [2.75, 3.05) is 11.5 Å². The minimum Gasteiger partial charge on any atom is -0.258 e. The molecular formula is C11H11N3O4S2. The average Bonchev–Trinajstić information content (AvgIpc) is 2.36. The number of nitrogens with two attached hydrogens (primary N) is 1. The Hall–Kier alpha value is -1.71. The summed E-state index contributed by atoms with van der Waals surface area (Å²) in [6, 6.07) is 7.81. The van der Waals surface area contributed by atoms with Crippen molar-refractivity contribution in [3.8, 4) is 0 Å². The van der Waals surface area contributed by atoms with Crippen LogP contribution >= 0.6 is 11.8 Å². The van der Waals surface area contributed by atoms with E-state index >= 15 is 0 Å². The van der Waals surface area contributed by atoms with Gasteiger partial charge in [0.15, 0.2) is 0 Å². The third kappa shape index (κ3) is 3.89. The summed E-state index contributed by atoms with van der Waals surface area (Å²) in [4.78, 5) is 14.5. The van der Waals surface area contributed by atoms with Crippen LogP contribution in [0, 0.1) is 10.1 Å². The van der Waals surface area contributed by atoms with Crippen LogP contribution in [0.5, 0.6) is 0 Å². The van der Waals surface area contributed by atoms with Gasteiger partial charge in [0.25, 0.3) is 5.69 Å². The van der Waals surface area contributed by atoms with Crippen molar-refractivity contribution in [2.45, 2.75) is 5.03 Å². The molecule has 0 radical (unpaired) electrons. The second-order valence-corrected chi connectivity index (χ2v) is 6.85. The summed E-state index contributed by atoms with van der Waals surface area (Å²) in [5, 5.41) is 16.9. The number of nitro groups is 1. The van der Waals surface area contributed by atoms with Crippen molar-refractivity contribution in [1.82, 2.24) is 4.98 Å². The Morgan fingerprint density at radius 3 is 2.70 bits per heavy atom. The minimum absolute atomic E-state index is 0.00827. The Kier molecular flexibility index (Phi) is 4.21. The number of pyridine rings is 1. The summed E-state index contributed by atoms with van der Waals surface area (Å²) in [6.07, 6.45) is 0. The lowest BCUT2D eigenvalue weighted by molar-refractivity contribution is -0.384. The van der Waals surface area contributed by atoms with Crippen molar-refractivity contribution in [2.24, 2.45) is 5.14 Å². The molecule has 1 aromatic carbocycles. The number of nitrogens with zero attached hydrogens (tertiary/aromatic N) is 2. The minimum atomic E-state index is -3.48. The smallest absolute Gasteiger partial charge is 0.258 e. The molecule has 1 aromatic heterocycles. The summed E-state index contributed by atoms with van der Waals surface area (Å²) >= 11 is 1.27. The highest BCUT2D eigenvalue weighted by molar-refractivity contribution is 8.00. The number of fused-ring (bicyclic) bond motifs is 1. The molecule has 7 nitrogen and oxygen atoms in total. The van der Waals surface area contributed by atoms with Crippen LogP contribution in [0.4, 0.5) is 5.69 Å². The molecular weight excluding hydrogens is 302 g/mol. The molecule has 2 aromatic rings. The van der Waals surface area contributed by atoms with E-state index in [4.69, 9.17) is 5.14 Å². The van der Waals surface area contributed by atoms with Crippen molar-refractivity contribution in [3.05, 3.63) is 40.4 Å². The molecule has 0 bridgehead atoms. The van der Waals surface area contributed by atoms with E-state index in [9.17, 15) is 18.5 Å². The van der Waals surface area contributed by atoms with Gasteiger partial charge in [0, 0.05) is 23.3 Å². The average molecular weight is 313 g/mol. The van der Waals surface area contributed by atoms with Gasteiger partial charge >= 0.3 is 0 Å². The number of primary sulfonamides is 1. The van der Waals surface area contributed by atoms with Crippen molar-refractivity contribution in [1.29, 1.82) is 0 Å². The van der Waals surface area contributed by atoms with Crippen molar-refractivity contribution in [3.63, 3.8) is 0 Å². The number of rotatable bonds is 5. The van der Waals surface area contributed by atoms with E-state index in [0.717, 1.165) is 0 Å². The van der Waals surface area contributed by atoms with E-state index < -0.39 is 14.9 Å². The number of non-ortho nitro benzene ring substituents is 1. The Bertz CT molecular complexity index is 761. The van der Waals surface area contributed by atoms with E-state index in [1.165, 1.54) is 23.9 Å². The molecule has 0 aliphatic carbocycles. The van der Waals surface area contributed by atoms with Gasteiger partial charge in [-0.15, -0.1) is 11.8 Å². The van der Waals surface area contributed by atoms with Gasteiger partial charge in [-0.2, -0.15) is 0 Å². The molecule has 20 heavy (non-hydrogen) atoms. The highest BCUT2D eigenvalue weighted by Gasteiger charge is 2.08. The number of aromatic nitrogens is 1. The summed E-state index contributed by atoms with van der Waals surface area (Å²) in [6.45, 7) is 0. The first-order chi connectivity index (χ1) is 9.35. The number of hydrogen-bond donors (Lipinski definition) is 1. The van der Waals surface area contributed by atoms with Crippen LogP contribution in [0.3, 0.4) is 0 Å². The lowest BCUT2D eigenvalue weighted by Gasteiger charge is -2.02. The van der Waals surface area contributed by atoms with E-state index in [2.05, 4.69) is 4.98 Å². The number of hydrogen-bond acceptors (Lipinski definition) is 6. The summed E-state index contributed by atoms with van der Waals surface area (Å²) < 4.78 is 21.6. The van der Waals surface area contributed by atoms with Crippen LogP contribution in [0.1, 0.15) is 0 Å². The zero-order valence-corrected chi connectivity index (χ0v) is 11.9. The van der Waals surface area contributed by atoms with Crippen LogP contribution in [0.15, 0.2) is 35.4 Å². The molecule has 0 unspecified atom stereocenters. The molecule has 2 N–H and O–H groups in total. The highest BCUT2D eigenvalue weighted by atomic mass is 32.2. The third-order valence-electron chi connectivity index (χ3n) is 2.48. The first kappa shape index (κ1) is 14.7. The largest absolute Gasteiger partial charge is 0.270 e. The Morgan fingerprint density at radius 2 is 2.05 bits per heavy atom. The Balaban J connectivity index is 2.17. The monoisotopic (exact) mass is 313 g/mol. The highest BCUT2D eigenvalue weighted by Crippen LogP contribution is 2.23. The van der Waals surface area contributed by atoms with Gasteiger partial charge in [0.05, 0.1) is 21.2 Å². The zero-order chi connectivity index (χ0) is 14.8. The number of nitro benzene ring substituents is 1. The number of thioether (sulfide) groups is 1. The first-order valence-corrected chi connectivity index (χ1v) is 8.24. The maximum Gasteiger partial charge on any atom is 0.270 e. The van der Waals surface area contributed by atoms with Crippen molar-refractivity contribution < 1.29 is 13.3 Å².